The fraction of sp³-hybridized carbons (Fsp3) is 0.160. The van der Waals surface area contributed by atoms with Crippen molar-refractivity contribution in [1.29, 1.82) is 0 Å². The van der Waals surface area contributed by atoms with Crippen LogP contribution in [0.15, 0.2) is 78.2 Å². The van der Waals surface area contributed by atoms with Crippen molar-refractivity contribution >= 4 is 5.97 Å². The summed E-state index contributed by atoms with van der Waals surface area (Å²) < 4.78 is 16.4. The van der Waals surface area contributed by atoms with Crippen molar-refractivity contribution in [2.45, 2.75) is 19.4 Å². The highest BCUT2D eigenvalue weighted by molar-refractivity contribution is 5.92. The summed E-state index contributed by atoms with van der Waals surface area (Å²) in [5, 5.41) is 9.81. The number of aryl methyl sites for hydroxylation is 1. The van der Waals surface area contributed by atoms with Crippen LogP contribution in [-0.4, -0.2) is 18.2 Å². The summed E-state index contributed by atoms with van der Waals surface area (Å²) in [6.07, 6.45) is 0. The summed E-state index contributed by atoms with van der Waals surface area (Å²) in [6.45, 7) is 2.50. The van der Waals surface area contributed by atoms with Gasteiger partial charge in [0.2, 0.25) is 5.88 Å². The SMILES string of the molecule is COC(=O)C1=C(N)Oc2cc(O)ccc2[C@H]1c1ccc(OCc2ccc(C)cc2)cc1. The lowest BCUT2D eigenvalue weighted by Crippen LogP contribution is -2.26. The molecular weight excluding hydrogens is 394 g/mol. The molecule has 3 aromatic carbocycles. The summed E-state index contributed by atoms with van der Waals surface area (Å²) in [4.78, 5) is 12.5. The number of hydrogen-bond acceptors (Lipinski definition) is 6. The zero-order valence-corrected chi connectivity index (χ0v) is 17.3. The summed E-state index contributed by atoms with van der Waals surface area (Å²) >= 11 is 0. The quantitative estimate of drug-likeness (QED) is 0.606. The second-order valence-corrected chi connectivity index (χ2v) is 7.37. The molecule has 0 radical (unpaired) electrons. The van der Waals surface area contributed by atoms with E-state index in [0.29, 0.717) is 23.7 Å². The van der Waals surface area contributed by atoms with Crippen LogP contribution in [0, 0.1) is 6.92 Å². The zero-order valence-electron chi connectivity index (χ0n) is 17.3. The largest absolute Gasteiger partial charge is 0.508 e. The van der Waals surface area contributed by atoms with E-state index in [1.807, 2.05) is 55.5 Å². The number of phenolic OH excluding ortho intramolecular Hbond substituents is 1. The number of aromatic hydroxyl groups is 1. The van der Waals surface area contributed by atoms with Gasteiger partial charge in [-0.05, 0) is 36.2 Å². The number of ether oxygens (including phenoxy) is 3. The Kier molecular flexibility index (Phi) is 5.54. The second kappa shape index (κ2) is 8.44. The molecule has 3 aromatic rings. The Hall–Kier alpha value is -3.93. The van der Waals surface area contributed by atoms with Gasteiger partial charge in [0.1, 0.15) is 29.4 Å². The van der Waals surface area contributed by atoms with Crippen molar-refractivity contribution in [3.8, 4) is 17.2 Å². The molecule has 31 heavy (non-hydrogen) atoms. The van der Waals surface area contributed by atoms with Gasteiger partial charge in [0.15, 0.2) is 0 Å². The van der Waals surface area contributed by atoms with Crippen LogP contribution in [0.1, 0.15) is 28.2 Å². The third-order valence-corrected chi connectivity index (χ3v) is 5.23. The van der Waals surface area contributed by atoms with Gasteiger partial charge in [0.05, 0.1) is 13.0 Å². The van der Waals surface area contributed by atoms with Gasteiger partial charge >= 0.3 is 5.97 Å². The Morgan fingerprint density at radius 3 is 2.45 bits per heavy atom. The molecule has 0 unspecified atom stereocenters. The predicted octanol–water partition coefficient (Wildman–Crippen LogP) is 4.15. The van der Waals surface area contributed by atoms with E-state index in [2.05, 4.69) is 0 Å². The van der Waals surface area contributed by atoms with E-state index in [4.69, 9.17) is 19.9 Å². The van der Waals surface area contributed by atoms with E-state index < -0.39 is 11.9 Å². The van der Waals surface area contributed by atoms with Crippen LogP contribution in [0.3, 0.4) is 0 Å². The lowest BCUT2D eigenvalue weighted by molar-refractivity contribution is -0.136. The maximum absolute atomic E-state index is 12.5. The normalized spacial score (nSPS) is 15.1. The monoisotopic (exact) mass is 417 g/mol. The molecule has 1 atom stereocenters. The molecule has 1 aliphatic heterocycles. The third-order valence-electron chi connectivity index (χ3n) is 5.23. The highest BCUT2D eigenvalue weighted by atomic mass is 16.5. The van der Waals surface area contributed by atoms with Crippen LogP contribution in [0.25, 0.3) is 0 Å². The van der Waals surface area contributed by atoms with Crippen LogP contribution in [-0.2, 0) is 16.1 Å². The minimum Gasteiger partial charge on any atom is -0.508 e. The molecule has 0 aliphatic carbocycles. The minimum absolute atomic E-state index is 0.0466. The number of methoxy groups -OCH3 is 1. The van der Waals surface area contributed by atoms with Crippen LogP contribution in [0.5, 0.6) is 17.2 Å². The molecule has 1 aliphatic rings. The molecule has 0 bridgehead atoms. The second-order valence-electron chi connectivity index (χ2n) is 7.37. The number of nitrogens with two attached hydrogens (primary N) is 1. The van der Waals surface area contributed by atoms with E-state index in [1.54, 1.807) is 12.1 Å². The number of rotatable bonds is 5. The molecule has 0 spiro atoms. The molecule has 1 heterocycles. The van der Waals surface area contributed by atoms with Crippen molar-refractivity contribution in [3.05, 3.63) is 100 Å². The number of carbonyl (C=O) groups is 1. The first-order valence-corrected chi connectivity index (χ1v) is 9.83. The molecular formula is C25H23NO5. The van der Waals surface area contributed by atoms with E-state index in [0.717, 1.165) is 11.1 Å². The van der Waals surface area contributed by atoms with Gasteiger partial charge in [0.25, 0.3) is 0 Å². The smallest absolute Gasteiger partial charge is 0.340 e. The summed E-state index contributed by atoms with van der Waals surface area (Å²) in [5.74, 6) is 0.0407. The maximum Gasteiger partial charge on any atom is 0.340 e. The summed E-state index contributed by atoms with van der Waals surface area (Å²) in [6, 6.07) is 20.4. The third kappa shape index (κ3) is 4.19. The zero-order chi connectivity index (χ0) is 22.0. The average molecular weight is 417 g/mol. The molecule has 158 valence electrons. The number of benzene rings is 3. The first-order valence-electron chi connectivity index (χ1n) is 9.83. The Balaban J connectivity index is 1.63. The summed E-state index contributed by atoms with van der Waals surface area (Å²) in [5.41, 5.74) is 10.1. The van der Waals surface area contributed by atoms with Gasteiger partial charge < -0.3 is 25.1 Å². The maximum atomic E-state index is 12.5. The molecule has 0 saturated carbocycles. The molecule has 6 heteroatoms. The van der Waals surface area contributed by atoms with E-state index in [1.165, 1.54) is 18.7 Å². The molecule has 3 N–H and O–H groups in total. The Morgan fingerprint density at radius 1 is 1.06 bits per heavy atom. The van der Waals surface area contributed by atoms with Crippen molar-refractivity contribution in [1.82, 2.24) is 0 Å². The minimum atomic E-state index is -0.569. The number of hydrogen-bond donors (Lipinski definition) is 2. The first-order chi connectivity index (χ1) is 15.0. The van der Waals surface area contributed by atoms with Gasteiger partial charge in [-0.2, -0.15) is 0 Å². The van der Waals surface area contributed by atoms with Crippen LogP contribution >= 0.6 is 0 Å². The average Bonchev–Trinajstić information content (AvgIpc) is 2.77. The Bertz CT molecular complexity index is 1130. The van der Waals surface area contributed by atoms with E-state index in [9.17, 15) is 9.90 Å². The Labute approximate surface area is 180 Å². The van der Waals surface area contributed by atoms with Gasteiger partial charge in [-0.25, -0.2) is 4.79 Å². The topological polar surface area (TPSA) is 91.0 Å². The molecule has 0 aromatic heterocycles. The van der Waals surface area contributed by atoms with Gasteiger partial charge in [-0.1, -0.05) is 48.0 Å². The lowest BCUT2D eigenvalue weighted by atomic mass is 9.83. The summed E-state index contributed by atoms with van der Waals surface area (Å²) in [7, 11) is 1.30. The van der Waals surface area contributed by atoms with Crippen molar-refractivity contribution in [2.24, 2.45) is 5.73 Å². The van der Waals surface area contributed by atoms with Crippen molar-refractivity contribution < 1.29 is 24.1 Å². The van der Waals surface area contributed by atoms with Gasteiger partial charge in [0, 0.05) is 11.6 Å². The molecule has 4 rings (SSSR count). The molecule has 0 saturated heterocycles. The molecule has 6 nitrogen and oxygen atoms in total. The highest BCUT2D eigenvalue weighted by Crippen LogP contribution is 2.44. The van der Waals surface area contributed by atoms with Crippen LogP contribution in [0.4, 0.5) is 0 Å². The number of phenols is 1. The first kappa shape index (κ1) is 20.3. The van der Waals surface area contributed by atoms with E-state index >= 15 is 0 Å². The fourth-order valence-corrected chi connectivity index (χ4v) is 3.60. The van der Waals surface area contributed by atoms with E-state index in [-0.39, 0.29) is 17.2 Å². The number of carbonyl (C=O) groups excluding carboxylic acids is 1. The van der Waals surface area contributed by atoms with Crippen LogP contribution in [0.2, 0.25) is 0 Å². The van der Waals surface area contributed by atoms with Gasteiger partial charge in [-0.3, -0.25) is 0 Å². The lowest BCUT2D eigenvalue weighted by Gasteiger charge is -2.28. The van der Waals surface area contributed by atoms with Crippen molar-refractivity contribution in [3.63, 3.8) is 0 Å². The standard InChI is InChI=1S/C25H23NO5/c1-15-3-5-16(6-4-15)14-30-19-10-7-17(8-11-19)22-20-12-9-18(27)13-21(20)31-24(26)23(22)25(28)29-2/h3-13,22,27H,14,26H2,1-2H3/t22-/m1/s1. The number of fused-ring (bicyclic) bond motifs is 1. The predicted molar refractivity (Wildman–Crippen MR) is 116 cm³/mol. The van der Waals surface area contributed by atoms with Gasteiger partial charge in [-0.15, -0.1) is 0 Å². The fourth-order valence-electron chi connectivity index (χ4n) is 3.60. The number of esters is 1. The molecule has 0 amide bonds. The highest BCUT2D eigenvalue weighted by Gasteiger charge is 2.35. The molecule has 0 fully saturated rings. The van der Waals surface area contributed by atoms with Crippen molar-refractivity contribution in [2.75, 3.05) is 7.11 Å². The Morgan fingerprint density at radius 2 is 1.77 bits per heavy atom. The van der Waals surface area contributed by atoms with Crippen LogP contribution < -0.4 is 15.2 Å².